The third-order valence-corrected chi connectivity index (χ3v) is 7.14. The second kappa shape index (κ2) is 7.96. The number of aryl methyl sites for hydroxylation is 1. The monoisotopic (exact) mass is 430 g/mol. The molecule has 1 amide bonds. The fraction of sp³-hybridized carbons (Fsp3) is 0.476. The van der Waals surface area contributed by atoms with Crippen molar-refractivity contribution in [1.29, 1.82) is 0 Å². The summed E-state index contributed by atoms with van der Waals surface area (Å²) in [6, 6.07) is 7.92. The van der Waals surface area contributed by atoms with E-state index in [1.54, 1.807) is 0 Å². The lowest BCUT2D eigenvalue weighted by atomic mass is 10.1. The maximum absolute atomic E-state index is 12.7. The first kappa shape index (κ1) is 20.7. The summed E-state index contributed by atoms with van der Waals surface area (Å²) < 4.78 is 25.1. The minimum Gasteiger partial charge on any atom is -0.342 e. The van der Waals surface area contributed by atoms with E-state index in [4.69, 9.17) is 0 Å². The van der Waals surface area contributed by atoms with Crippen LogP contribution in [0.1, 0.15) is 40.5 Å². The van der Waals surface area contributed by atoms with Gasteiger partial charge in [0.25, 0.3) is 5.56 Å². The van der Waals surface area contributed by atoms with E-state index in [1.165, 1.54) is 10.6 Å². The Kier molecular flexibility index (Phi) is 5.50. The summed E-state index contributed by atoms with van der Waals surface area (Å²) >= 11 is 0. The number of hydrogen-bond donors (Lipinski definition) is 1. The SMILES string of the molecule is Cc1cccc(CC(=O)N2CC[C@H](c3nc4c(c(=O)[nH]3)CCN(S(C)(=O)=O)C4)C2)c1. The Balaban J connectivity index is 1.48. The maximum atomic E-state index is 12.7. The maximum Gasteiger partial charge on any atom is 0.254 e. The van der Waals surface area contributed by atoms with E-state index in [1.807, 2.05) is 36.1 Å². The molecule has 0 spiro atoms. The topological polar surface area (TPSA) is 103 Å². The van der Waals surface area contributed by atoms with Crippen LogP contribution in [0.25, 0.3) is 0 Å². The van der Waals surface area contributed by atoms with Gasteiger partial charge in [-0.2, -0.15) is 4.31 Å². The number of rotatable bonds is 4. The first-order valence-corrected chi connectivity index (χ1v) is 12.0. The second-order valence-electron chi connectivity index (χ2n) is 8.21. The number of nitrogens with one attached hydrogen (secondary N) is 1. The van der Waals surface area contributed by atoms with Crippen molar-refractivity contribution >= 4 is 15.9 Å². The number of fused-ring (bicyclic) bond motifs is 1. The molecule has 0 aliphatic carbocycles. The molecule has 4 rings (SSSR count). The molecule has 1 saturated heterocycles. The van der Waals surface area contributed by atoms with Crippen LogP contribution in [0.4, 0.5) is 0 Å². The minimum absolute atomic E-state index is 0.0573. The number of aromatic nitrogens is 2. The molecule has 2 aliphatic heterocycles. The van der Waals surface area contributed by atoms with Gasteiger partial charge in [-0.05, 0) is 25.3 Å². The van der Waals surface area contributed by atoms with Gasteiger partial charge >= 0.3 is 0 Å². The van der Waals surface area contributed by atoms with Gasteiger partial charge in [-0.25, -0.2) is 13.4 Å². The Morgan fingerprint density at radius 3 is 2.83 bits per heavy atom. The van der Waals surface area contributed by atoms with Crippen LogP contribution in [0.5, 0.6) is 0 Å². The highest BCUT2D eigenvalue weighted by Crippen LogP contribution is 2.26. The van der Waals surface area contributed by atoms with Crippen LogP contribution in [-0.2, 0) is 34.2 Å². The summed E-state index contributed by atoms with van der Waals surface area (Å²) in [5, 5.41) is 0. The molecular formula is C21H26N4O4S. The lowest BCUT2D eigenvalue weighted by Crippen LogP contribution is -2.39. The molecule has 0 bridgehead atoms. The Labute approximate surface area is 176 Å². The Morgan fingerprint density at radius 1 is 1.30 bits per heavy atom. The molecule has 0 saturated carbocycles. The Morgan fingerprint density at radius 2 is 2.10 bits per heavy atom. The van der Waals surface area contributed by atoms with Gasteiger partial charge in [-0.3, -0.25) is 9.59 Å². The van der Waals surface area contributed by atoms with Crippen molar-refractivity contribution in [2.75, 3.05) is 25.9 Å². The van der Waals surface area contributed by atoms with Crippen molar-refractivity contribution in [2.45, 2.75) is 38.6 Å². The molecular weight excluding hydrogens is 404 g/mol. The number of carbonyl (C=O) groups is 1. The predicted octanol–water partition coefficient (Wildman–Crippen LogP) is 0.955. The number of hydrogen-bond acceptors (Lipinski definition) is 5. The van der Waals surface area contributed by atoms with Crippen LogP contribution in [0.3, 0.4) is 0 Å². The number of benzene rings is 1. The summed E-state index contributed by atoms with van der Waals surface area (Å²) in [4.78, 5) is 34.6. The van der Waals surface area contributed by atoms with Gasteiger partial charge < -0.3 is 9.88 Å². The molecule has 30 heavy (non-hydrogen) atoms. The summed E-state index contributed by atoms with van der Waals surface area (Å²) in [6.45, 7) is 3.53. The zero-order valence-electron chi connectivity index (χ0n) is 17.2. The average Bonchev–Trinajstić information content (AvgIpc) is 3.17. The molecule has 0 radical (unpaired) electrons. The lowest BCUT2D eigenvalue weighted by Gasteiger charge is -2.26. The van der Waals surface area contributed by atoms with E-state index in [9.17, 15) is 18.0 Å². The number of nitrogens with zero attached hydrogens (tertiary/aromatic N) is 3. The van der Waals surface area contributed by atoms with Crippen LogP contribution < -0.4 is 5.56 Å². The van der Waals surface area contributed by atoms with Gasteiger partial charge in [0, 0.05) is 31.1 Å². The number of carbonyl (C=O) groups excluding carboxylic acids is 1. The van der Waals surface area contributed by atoms with Crippen molar-refractivity contribution in [1.82, 2.24) is 19.2 Å². The molecule has 1 fully saturated rings. The molecule has 9 heteroatoms. The molecule has 3 heterocycles. The highest BCUT2D eigenvalue weighted by Gasteiger charge is 2.31. The van der Waals surface area contributed by atoms with Crippen LogP contribution in [0, 0.1) is 6.92 Å². The average molecular weight is 431 g/mol. The standard InChI is InChI=1S/C21H26N4O4S/c1-14-4-3-5-15(10-14)11-19(26)24-8-6-16(12-24)20-22-18-13-25(30(2,28)29)9-7-17(18)21(27)23-20/h3-5,10,16H,6-9,11-13H2,1-2H3,(H,22,23,27)/t16-/m0/s1. The molecule has 1 N–H and O–H groups in total. The van der Waals surface area contributed by atoms with Crippen molar-refractivity contribution in [3.05, 3.63) is 62.8 Å². The fourth-order valence-electron chi connectivity index (χ4n) is 4.23. The zero-order valence-corrected chi connectivity index (χ0v) is 18.0. The highest BCUT2D eigenvalue weighted by molar-refractivity contribution is 7.88. The van der Waals surface area contributed by atoms with E-state index in [0.29, 0.717) is 49.6 Å². The van der Waals surface area contributed by atoms with Gasteiger partial charge in [0.2, 0.25) is 15.9 Å². The zero-order chi connectivity index (χ0) is 21.5. The van der Waals surface area contributed by atoms with Gasteiger partial charge in [0.05, 0.1) is 24.9 Å². The predicted molar refractivity (Wildman–Crippen MR) is 113 cm³/mol. The lowest BCUT2D eigenvalue weighted by molar-refractivity contribution is -0.129. The smallest absolute Gasteiger partial charge is 0.254 e. The summed E-state index contributed by atoms with van der Waals surface area (Å²) in [7, 11) is -3.34. The third kappa shape index (κ3) is 4.32. The van der Waals surface area contributed by atoms with Gasteiger partial charge in [0.1, 0.15) is 5.82 Å². The molecule has 1 aromatic heterocycles. The van der Waals surface area contributed by atoms with Crippen LogP contribution in [0.2, 0.25) is 0 Å². The molecule has 0 unspecified atom stereocenters. The number of sulfonamides is 1. The number of amides is 1. The number of aromatic amines is 1. The Hall–Kier alpha value is -2.52. The van der Waals surface area contributed by atoms with E-state index >= 15 is 0 Å². The van der Waals surface area contributed by atoms with E-state index in [-0.39, 0.29) is 23.9 Å². The van der Waals surface area contributed by atoms with E-state index in [0.717, 1.165) is 17.5 Å². The van der Waals surface area contributed by atoms with Gasteiger partial charge in [-0.1, -0.05) is 29.8 Å². The molecule has 160 valence electrons. The molecule has 2 aromatic rings. The first-order valence-electron chi connectivity index (χ1n) is 10.1. The fourth-order valence-corrected chi connectivity index (χ4v) is 5.01. The molecule has 1 atom stereocenters. The Bertz CT molecular complexity index is 1140. The summed E-state index contributed by atoms with van der Waals surface area (Å²) in [5.41, 5.74) is 3.00. The summed E-state index contributed by atoms with van der Waals surface area (Å²) in [6.07, 6.45) is 2.60. The quantitative estimate of drug-likeness (QED) is 0.778. The van der Waals surface area contributed by atoms with Crippen molar-refractivity contribution in [3.8, 4) is 0 Å². The van der Waals surface area contributed by atoms with Crippen molar-refractivity contribution < 1.29 is 13.2 Å². The summed E-state index contributed by atoms with van der Waals surface area (Å²) in [5.74, 6) is 0.546. The van der Waals surface area contributed by atoms with Crippen molar-refractivity contribution in [3.63, 3.8) is 0 Å². The van der Waals surface area contributed by atoms with E-state index < -0.39 is 10.0 Å². The van der Waals surface area contributed by atoms with Crippen LogP contribution in [-0.4, -0.2) is 59.4 Å². The minimum atomic E-state index is -3.34. The normalized spacial score (nSPS) is 19.7. The number of likely N-dealkylation sites (tertiary alicyclic amines) is 1. The molecule has 8 nitrogen and oxygen atoms in total. The highest BCUT2D eigenvalue weighted by atomic mass is 32.2. The van der Waals surface area contributed by atoms with Crippen LogP contribution >= 0.6 is 0 Å². The largest absolute Gasteiger partial charge is 0.342 e. The van der Waals surface area contributed by atoms with Gasteiger partial charge in [-0.15, -0.1) is 0 Å². The number of H-pyrrole nitrogens is 1. The second-order valence-corrected chi connectivity index (χ2v) is 10.2. The molecule has 1 aromatic carbocycles. The van der Waals surface area contributed by atoms with Gasteiger partial charge in [0.15, 0.2) is 0 Å². The van der Waals surface area contributed by atoms with E-state index in [2.05, 4.69) is 9.97 Å². The van der Waals surface area contributed by atoms with Crippen LogP contribution in [0.15, 0.2) is 29.1 Å². The van der Waals surface area contributed by atoms with Crippen molar-refractivity contribution in [2.24, 2.45) is 0 Å². The third-order valence-electron chi connectivity index (χ3n) is 5.89. The molecule has 2 aliphatic rings. The first-order chi connectivity index (χ1) is 14.2.